The Labute approximate surface area is 110 Å². The first-order valence-electron chi connectivity index (χ1n) is 5.21. The number of phenols is 1. The second-order valence-corrected chi connectivity index (χ2v) is 5.44. The van der Waals surface area contributed by atoms with Crippen molar-refractivity contribution in [2.45, 2.75) is 25.8 Å². The quantitative estimate of drug-likeness (QED) is 0.897. The number of halogens is 1. The SMILES string of the molecule is COc1cc(Br)c(O)c(CC(C)(C)N)c1OC. The highest BCUT2D eigenvalue weighted by Gasteiger charge is 2.23. The van der Waals surface area contributed by atoms with E-state index in [1.807, 2.05) is 13.8 Å². The van der Waals surface area contributed by atoms with Crippen LogP contribution in [0.3, 0.4) is 0 Å². The predicted octanol–water partition coefficient (Wildman–Crippen LogP) is 2.45. The Balaban J connectivity index is 3.38. The molecule has 0 radical (unpaired) electrons. The normalized spacial score (nSPS) is 11.4. The van der Waals surface area contributed by atoms with E-state index in [0.717, 1.165) is 0 Å². The number of benzene rings is 1. The topological polar surface area (TPSA) is 64.7 Å². The monoisotopic (exact) mass is 303 g/mol. The van der Waals surface area contributed by atoms with Crippen LogP contribution in [0, 0.1) is 0 Å². The summed E-state index contributed by atoms with van der Waals surface area (Å²) in [5.74, 6) is 1.23. The molecule has 0 amide bonds. The second-order valence-electron chi connectivity index (χ2n) is 4.59. The first-order valence-corrected chi connectivity index (χ1v) is 6.00. The van der Waals surface area contributed by atoms with Crippen molar-refractivity contribution >= 4 is 15.9 Å². The van der Waals surface area contributed by atoms with Crippen molar-refractivity contribution in [2.75, 3.05) is 14.2 Å². The smallest absolute Gasteiger partial charge is 0.167 e. The van der Waals surface area contributed by atoms with Crippen molar-refractivity contribution in [3.8, 4) is 17.2 Å². The van der Waals surface area contributed by atoms with Gasteiger partial charge in [0.25, 0.3) is 0 Å². The summed E-state index contributed by atoms with van der Waals surface area (Å²) in [7, 11) is 3.09. The Morgan fingerprint density at radius 2 is 1.94 bits per heavy atom. The summed E-state index contributed by atoms with van der Waals surface area (Å²) in [5, 5.41) is 10.1. The molecule has 1 aromatic rings. The molecule has 0 bridgehead atoms. The number of rotatable bonds is 4. The number of phenolic OH excluding ortho intramolecular Hbond substituents is 1. The standard InChI is InChI=1S/C12H18BrNO3/c1-12(2,14)6-7-10(15)8(13)5-9(16-3)11(7)17-4/h5,15H,6,14H2,1-4H3. The molecular weight excluding hydrogens is 286 g/mol. The van der Waals surface area contributed by atoms with E-state index in [-0.39, 0.29) is 5.75 Å². The van der Waals surface area contributed by atoms with Crippen molar-refractivity contribution in [1.82, 2.24) is 0 Å². The van der Waals surface area contributed by atoms with Gasteiger partial charge < -0.3 is 20.3 Å². The van der Waals surface area contributed by atoms with Crippen LogP contribution in [0.25, 0.3) is 0 Å². The molecule has 0 aliphatic rings. The molecule has 4 nitrogen and oxygen atoms in total. The molecule has 96 valence electrons. The Hall–Kier alpha value is -0.940. The number of aromatic hydroxyl groups is 1. The predicted molar refractivity (Wildman–Crippen MR) is 70.9 cm³/mol. The summed E-state index contributed by atoms with van der Waals surface area (Å²) in [6.07, 6.45) is 0.484. The highest BCUT2D eigenvalue weighted by atomic mass is 79.9. The molecule has 0 aliphatic carbocycles. The highest BCUT2D eigenvalue weighted by Crippen LogP contribution is 2.43. The fourth-order valence-corrected chi connectivity index (χ4v) is 2.09. The van der Waals surface area contributed by atoms with E-state index in [1.54, 1.807) is 13.2 Å². The van der Waals surface area contributed by atoms with Gasteiger partial charge >= 0.3 is 0 Å². The van der Waals surface area contributed by atoms with Crippen molar-refractivity contribution in [3.63, 3.8) is 0 Å². The maximum absolute atomic E-state index is 10.1. The Kier molecular flexibility index (Phi) is 4.27. The first kappa shape index (κ1) is 14.1. The molecule has 1 aromatic carbocycles. The molecule has 1 rings (SSSR count). The van der Waals surface area contributed by atoms with Gasteiger partial charge in [0, 0.05) is 17.2 Å². The van der Waals surface area contributed by atoms with E-state index in [4.69, 9.17) is 15.2 Å². The van der Waals surface area contributed by atoms with Gasteiger partial charge in [0.2, 0.25) is 0 Å². The third-order valence-electron chi connectivity index (χ3n) is 2.32. The molecule has 17 heavy (non-hydrogen) atoms. The lowest BCUT2D eigenvalue weighted by Crippen LogP contribution is -2.34. The number of hydrogen-bond acceptors (Lipinski definition) is 4. The molecule has 0 aliphatic heterocycles. The largest absolute Gasteiger partial charge is 0.506 e. The van der Waals surface area contributed by atoms with Crippen LogP contribution in [0.2, 0.25) is 0 Å². The maximum atomic E-state index is 10.1. The van der Waals surface area contributed by atoms with E-state index in [9.17, 15) is 5.11 Å². The van der Waals surface area contributed by atoms with Crippen LogP contribution in [-0.4, -0.2) is 24.9 Å². The van der Waals surface area contributed by atoms with Crippen molar-refractivity contribution in [3.05, 3.63) is 16.1 Å². The van der Waals surface area contributed by atoms with Crippen LogP contribution < -0.4 is 15.2 Å². The Morgan fingerprint density at radius 1 is 1.35 bits per heavy atom. The molecule has 0 saturated carbocycles. The average molecular weight is 304 g/mol. The summed E-state index contributed by atoms with van der Waals surface area (Å²) in [5.41, 5.74) is 6.18. The molecule has 0 fully saturated rings. The Morgan fingerprint density at radius 3 is 2.35 bits per heavy atom. The minimum absolute atomic E-state index is 0.140. The number of hydrogen-bond donors (Lipinski definition) is 2. The molecule has 3 N–H and O–H groups in total. The lowest BCUT2D eigenvalue weighted by Gasteiger charge is -2.22. The average Bonchev–Trinajstić information content (AvgIpc) is 2.22. The van der Waals surface area contributed by atoms with E-state index in [1.165, 1.54) is 7.11 Å². The van der Waals surface area contributed by atoms with E-state index in [0.29, 0.717) is 28.0 Å². The summed E-state index contributed by atoms with van der Waals surface area (Å²) in [4.78, 5) is 0. The lowest BCUT2D eigenvalue weighted by molar-refractivity contribution is 0.342. The van der Waals surface area contributed by atoms with Crippen molar-refractivity contribution in [1.29, 1.82) is 0 Å². The molecule has 5 heteroatoms. The minimum atomic E-state index is -0.448. The summed E-state index contributed by atoms with van der Waals surface area (Å²) >= 11 is 3.28. The van der Waals surface area contributed by atoms with Gasteiger partial charge in [-0.2, -0.15) is 0 Å². The van der Waals surface area contributed by atoms with Gasteiger partial charge in [-0.15, -0.1) is 0 Å². The third kappa shape index (κ3) is 3.26. The summed E-state index contributed by atoms with van der Waals surface area (Å²) < 4.78 is 11.1. The molecule has 0 saturated heterocycles. The summed E-state index contributed by atoms with van der Waals surface area (Å²) in [6, 6.07) is 1.67. The third-order valence-corrected chi connectivity index (χ3v) is 2.93. The van der Waals surface area contributed by atoms with E-state index >= 15 is 0 Å². The van der Waals surface area contributed by atoms with Gasteiger partial charge in [-0.05, 0) is 36.2 Å². The molecular formula is C12H18BrNO3. The molecule has 0 atom stereocenters. The van der Waals surface area contributed by atoms with Gasteiger partial charge in [-0.1, -0.05) is 0 Å². The lowest BCUT2D eigenvalue weighted by atomic mass is 9.94. The fraction of sp³-hybridized carbons (Fsp3) is 0.500. The van der Waals surface area contributed by atoms with Crippen molar-refractivity contribution in [2.24, 2.45) is 5.73 Å². The van der Waals surface area contributed by atoms with Crippen LogP contribution in [0.5, 0.6) is 17.2 Å². The highest BCUT2D eigenvalue weighted by molar-refractivity contribution is 9.10. The zero-order valence-corrected chi connectivity index (χ0v) is 12.1. The molecule has 0 aromatic heterocycles. The molecule has 0 spiro atoms. The fourth-order valence-electron chi connectivity index (χ4n) is 1.64. The zero-order valence-electron chi connectivity index (χ0n) is 10.5. The Bertz CT molecular complexity index is 413. The van der Waals surface area contributed by atoms with Crippen LogP contribution >= 0.6 is 15.9 Å². The zero-order chi connectivity index (χ0) is 13.2. The van der Waals surface area contributed by atoms with Gasteiger partial charge in [0.05, 0.1) is 18.7 Å². The number of methoxy groups -OCH3 is 2. The van der Waals surface area contributed by atoms with Crippen LogP contribution in [0.4, 0.5) is 0 Å². The van der Waals surface area contributed by atoms with Gasteiger partial charge in [0.1, 0.15) is 5.75 Å². The maximum Gasteiger partial charge on any atom is 0.167 e. The molecule has 0 heterocycles. The van der Waals surface area contributed by atoms with Crippen LogP contribution in [-0.2, 0) is 6.42 Å². The van der Waals surface area contributed by atoms with E-state index in [2.05, 4.69) is 15.9 Å². The van der Waals surface area contributed by atoms with Crippen LogP contribution in [0.1, 0.15) is 19.4 Å². The first-order chi connectivity index (χ1) is 7.80. The summed E-state index contributed by atoms with van der Waals surface area (Å²) in [6.45, 7) is 3.78. The van der Waals surface area contributed by atoms with Crippen molar-refractivity contribution < 1.29 is 14.6 Å². The van der Waals surface area contributed by atoms with Gasteiger partial charge in [-0.3, -0.25) is 0 Å². The number of nitrogens with two attached hydrogens (primary N) is 1. The van der Waals surface area contributed by atoms with E-state index < -0.39 is 5.54 Å². The van der Waals surface area contributed by atoms with Gasteiger partial charge in [-0.25, -0.2) is 0 Å². The molecule has 0 unspecified atom stereocenters. The minimum Gasteiger partial charge on any atom is -0.506 e. The van der Waals surface area contributed by atoms with Crippen LogP contribution in [0.15, 0.2) is 10.5 Å². The second kappa shape index (κ2) is 5.14. The van der Waals surface area contributed by atoms with Gasteiger partial charge in [0.15, 0.2) is 11.5 Å². The number of ether oxygens (including phenoxy) is 2.